The largest absolute Gasteiger partial charge is 0.756 e. The minimum absolute atomic E-state index is 0.338. The molecule has 2 atom stereocenters. The van der Waals surface area contributed by atoms with Crippen molar-refractivity contribution < 1.29 is 47.2 Å². The Bertz CT molecular complexity index is 359. The maximum Gasteiger partial charge on any atom is 0.371 e. The summed E-state index contributed by atoms with van der Waals surface area (Å²) in [6, 6.07) is 0. The van der Waals surface area contributed by atoms with E-state index in [9.17, 15) is 18.9 Å². The topological polar surface area (TPSA) is 147 Å². The summed E-state index contributed by atoms with van der Waals surface area (Å²) < 4.78 is 32.8. The monoisotopic (exact) mass is 304 g/mol. The molecule has 0 saturated carbocycles. The van der Waals surface area contributed by atoms with Crippen molar-refractivity contribution in [1.29, 1.82) is 0 Å². The zero-order valence-electron chi connectivity index (χ0n) is 8.87. The summed E-state index contributed by atoms with van der Waals surface area (Å²) in [5.41, 5.74) is 0. The van der Waals surface area contributed by atoms with Crippen molar-refractivity contribution in [1.82, 2.24) is 0 Å². The Kier molecular flexibility index (Phi) is 7.88. The molecule has 0 amide bonds. The predicted molar refractivity (Wildman–Crippen MR) is 51.9 cm³/mol. The third-order valence-electron chi connectivity index (χ3n) is 0.994. The van der Waals surface area contributed by atoms with Crippen LogP contribution in [0, 0.1) is 0 Å². The molecule has 18 heavy (non-hydrogen) atoms. The summed E-state index contributed by atoms with van der Waals surface area (Å²) in [5, 5.41) is 0. The van der Waals surface area contributed by atoms with Gasteiger partial charge in [-0.1, -0.05) is 6.58 Å². The lowest BCUT2D eigenvalue weighted by atomic mass is 10.8. The van der Waals surface area contributed by atoms with Gasteiger partial charge in [-0.3, -0.25) is 4.57 Å². The van der Waals surface area contributed by atoms with Crippen LogP contribution in [-0.4, -0.2) is 18.1 Å². The van der Waals surface area contributed by atoms with Gasteiger partial charge in [0.15, 0.2) is 6.26 Å². The SMILES string of the molecule is C=COP(=O)([O-])O/C=C\OOCCOP(=O)([O-])O. The third-order valence-corrected chi connectivity index (χ3v) is 2.29. The van der Waals surface area contributed by atoms with Gasteiger partial charge in [0, 0.05) is 0 Å². The van der Waals surface area contributed by atoms with Gasteiger partial charge < -0.3 is 33.1 Å². The van der Waals surface area contributed by atoms with Gasteiger partial charge in [0.2, 0.25) is 0 Å². The molecule has 0 fully saturated rings. The normalized spacial score (nSPS) is 17.7. The Morgan fingerprint density at radius 2 is 1.83 bits per heavy atom. The van der Waals surface area contributed by atoms with Crippen LogP contribution in [0.3, 0.4) is 0 Å². The molecule has 0 aliphatic heterocycles. The molecule has 0 aliphatic rings. The number of phosphoric acid groups is 2. The third kappa shape index (κ3) is 11.6. The lowest BCUT2D eigenvalue weighted by Crippen LogP contribution is -2.08. The van der Waals surface area contributed by atoms with Crippen molar-refractivity contribution in [2.75, 3.05) is 13.2 Å². The second-order valence-electron chi connectivity index (χ2n) is 2.32. The summed E-state index contributed by atoms with van der Waals surface area (Å²) in [6.45, 7) is 2.19. The first-order valence-electron chi connectivity index (χ1n) is 4.17. The molecule has 0 aromatic carbocycles. The number of phosphoric ester groups is 2. The summed E-state index contributed by atoms with van der Waals surface area (Å²) in [5.74, 6) is 0. The van der Waals surface area contributed by atoms with Gasteiger partial charge in [0.05, 0.1) is 12.9 Å². The second kappa shape index (κ2) is 8.28. The van der Waals surface area contributed by atoms with Crippen molar-refractivity contribution in [3.8, 4) is 0 Å². The number of rotatable bonds is 10. The summed E-state index contributed by atoms with van der Waals surface area (Å²) in [7, 11) is -9.29. The van der Waals surface area contributed by atoms with E-state index in [1.807, 2.05) is 0 Å². The van der Waals surface area contributed by atoms with E-state index in [-0.39, 0.29) is 6.61 Å². The van der Waals surface area contributed by atoms with E-state index in [1.165, 1.54) is 0 Å². The molecule has 0 radical (unpaired) electrons. The van der Waals surface area contributed by atoms with E-state index >= 15 is 0 Å². The van der Waals surface area contributed by atoms with E-state index < -0.39 is 22.3 Å². The lowest BCUT2D eigenvalue weighted by molar-refractivity contribution is -0.260. The van der Waals surface area contributed by atoms with Crippen molar-refractivity contribution in [2.45, 2.75) is 0 Å². The predicted octanol–water partition coefficient (Wildman–Crippen LogP) is -0.472. The molecule has 1 N–H and O–H groups in total. The van der Waals surface area contributed by atoms with E-state index in [0.29, 0.717) is 18.8 Å². The average Bonchev–Trinajstić information content (AvgIpc) is 2.20. The smallest absolute Gasteiger partial charge is 0.371 e. The number of hydrogen-bond donors (Lipinski definition) is 1. The Balaban J connectivity index is 3.58. The Hall–Kier alpha value is -0.860. The van der Waals surface area contributed by atoms with Crippen LogP contribution in [0.15, 0.2) is 25.4 Å². The van der Waals surface area contributed by atoms with E-state index in [4.69, 9.17) is 4.89 Å². The molecule has 0 bridgehead atoms. The highest BCUT2D eigenvalue weighted by Crippen LogP contribution is 2.38. The molecule has 12 heteroatoms. The van der Waals surface area contributed by atoms with Crippen LogP contribution in [-0.2, 0) is 32.5 Å². The molecule has 0 rings (SSSR count). The fourth-order valence-corrected chi connectivity index (χ4v) is 1.25. The summed E-state index contributed by atoms with van der Waals surface area (Å²) in [6.07, 6.45) is 1.96. The molecular formula is C6H10O10P2-2. The first-order valence-corrected chi connectivity index (χ1v) is 7.13. The van der Waals surface area contributed by atoms with Crippen molar-refractivity contribution in [2.24, 2.45) is 0 Å². The molecule has 106 valence electrons. The van der Waals surface area contributed by atoms with Crippen LogP contribution < -0.4 is 9.79 Å². The first kappa shape index (κ1) is 17.1. The summed E-state index contributed by atoms with van der Waals surface area (Å²) in [4.78, 5) is 37.5. The number of hydrogen-bond acceptors (Lipinski definition) is 9. The van der Waals surface area contributed by atoms with E-state index in [1.54, 1.807) is 0 Å². The zero-order valence-corrected chi connectivity index (χ0v) is 10.7. The zero-order chi connectivity index (χ0) is 14.1. The maximum atomic E-state index is 10.7. The molecule has 0 aromatic rings. The molecule has 2 unspecified atom stereocenters. The van der Waals surface area contributed by atoms with Gasteiger partial charge >= 0.3 is 7.82 Å². The Labute approximate surface area is 102 Å². The first-order chi connectivity index (χ1) is 8.27. The molecule has 0 spiro atoms. The highest BCUT2D eigenvalue weighted by atomic mass is 31.2. The molecule has 0 heterocycles. The van der Waals surface area contributed by atoms with E-state index in [0.717, 1.165) is 0 Å². The van der Waals surface area contributed by atoms with Gasteiger partial charge in [-0.2, -0.15) is 4.89 Å². The van der Waals surface area contributed by atoms with Crippen LogP contribution in [0.5, 0.6) is 0 Å². The van der Waals surface area contributed by atoms with Gasteiger partial charge in [0.25, 0.3) is 7.82 Å². The van der Waals surface area contributed by atoms with Gasteiger partial charge in [0.1, 0.15) is 12.9 Å². The van der Waals surface area contributed by atoms with Crippen molar-refractivity contribution in [3.05, 3.63) is 25.4 Å². The van der Waals surface area contributed by atoms with Crippen LogP contribution in [0.2, 0.25) is 0 Å². The van der Waals surface area contributed by atoms with Crippen LogP contribution in [0.25, 0.3) is 0 Å². The summed E-state index contributed by atoms with van der Waals surface area (Å²) >= 11 is 0. The Morgan fingerprint density at radius 3 is 2.39 bits per heavy atom. The Morgan fingerprint density at radius 1 is 1.17 bits per heavy atom. The van der Waals surface area contributed by atoms with Crippen molar-refractivity contribution in [3.63, 3.8) is 0 Å². The molecule has 0 aromatic heterocycles. The molecule has 0 saturated heterocycles. The quantitative estimate of drug-likeness (QED) is 0.184. The van der Waals surface area contributed by atoms with Gasteiger partial charge in [-0.25, -0.2) is 4.57 Å². The lowest BCUT2D eigenvalue weighted by Gasteiger charge is -2.18. The highest BCUT2D eigenvalue weighted by molar-refractivity contribution is 7.46. The fraction of sp³-hybridized carbons (Fsp3) is 0.333. The van der Waals surface area contributed by atoms with Crippen LogP contribution in [0.1, 0.15) is 0 Å². The maximum absolute atomic E-state index is 10.7. The second-order valence-corrected chi connectivity index (χ2v) is 4.83. The molecular weight excluding hydrogens is 294 g/mol. The minimum Gasteiger partial charge on any atom is -0.756 e. The standard InChI is InChI=1S/C6H12O10P2/c1-2-14-18(10,11)16-6-4-13-12-3-5-15-17(7,8)9/h2,4,6H,1,3,5H2,(H,10,11)(H2,7,8,9)/p-2/b6-4-. The van der Waals surface area contributed by atoms with Crippen LogP contribution in [0.4, 0.5) is 0 Å². The minimum atomic E-state index is -4.79. The fourth-order valence-electron chi connectivity index (χ4n) is 0.512. The molecule has 10 nitrogen and oxygen atoms in total. The van der Waals surface area contributed by atoms with Crippen molar-refractivity contribution >= 4 is 15.6 Å². The van der Waals surface area contributed by atoms with Crippen LogP contribution >= 0.6 is 15.6 Å². The highest BCUT2D eigenvalue weighted by Gasteiger charge is 2.04. The van der Waals surface area contributed by atoms with Gasteiger partial charge in [-0.15, -0.1) is 0 Å². The van der Waals surface area contributed by atoms with E-state index in [2.05, 4.69) is 29.9 Å². The molecule has 0 aliphatic carbocycles. The van der Waals surface area contributed by atoms with Gasteiger partial charge in [-0.05, 0) is 0 Å². The average molecular weight is 304 g/mol.